The third-order valence-corrected chi connectivity index (χ3v) is 8.70. The summed E-state index contributed by atoms with van der Waals surface area (Å²) in [5, 5.41) is 24.3. The van der Waals surface area contributed by atoms with Crippen molar-refractivity contribution in [3.63, 3.8) is 0 Å². The number of benzene rings is 1. The molecule has 1 aliphatic carbocycles. The number of hydrogen-bond donors (Lipinski definition) is 2. The lowest BCUT2D eigenvalue weighted by Crippen LogP contribution is -2.71. The highest BCUT2D eigenvalue weighted by molar-refractivity contribution is 6.50. The van der Waals surface area contributed by atoms with E-state index in [0.717, 1.165) is 22.4 Å². The van der Waals surface area contributed by atoms with Crippen LogP contribution in [0.2, 0.25) is 0 Å². The number of methoxy groups -OCH3 is 1. The number of piperazine rings is 1. The molecule has 2 bridgehead atoms. The molecule has 1 saturated heterocycles. The number of carbonyl (C=O) groups is 3. The number of ether oxygens (including phenoxy) is 1. The highest BCUT2D eigenvalue weighted by atomic mass is 16.5. The van der Waals surface area contributed by atoms with Gasteiger partial charge in [-0.2, -0.15) is 5.26 Å². The topological polar surface area (TPSA) is 123 Å². The zero-order valence-corrected chi connectivity index (χ0v) is 22.0. The highest BCUT2D eigenvalue weighted by Crippen LogP contribution is 2.52. The molecule has 3 heterocycles. The number of aliphatic hydroxyl groups is 1. The first kappa shape index (κ1) is 25.2. The summed E-state index contributed by atoms with van der Waals surface area (Å²) < 4.78 is 5.75. The number of Topliss-reactive ketones (excluding diaryl/α,β-unsaturated/α-hetero) is 2. The Kier molecular flexibility index (Phi) is 6.00. The van der Waals surface area contributed by atoms with E-state index in [4.69, 9.17) is 4.74 Å². The Labute approximate surface area is 216 Å². The number of hydrogen-bond acceptors (Lipinski definition) is 8. The molecule has 1 aromatic rings. The van der Waals surface area contributed by atoms with Gasteiger partial charge in [-0.05, 0) is 62.9 Å². The van der Waals surface area contributed by atoms with Crippen LogP contribution in [0, 0.1) is 25.2 Å². The van der Waals surface area contributed by atoms with Gasteiger partial charge in [-0.3, -0.25) is 24.2 Å². The smallest absolute Gasteiger partial charge is 0.232 e. The second kappa shape index (κ2) is 8.82. The van der Waals surface area contributed by atoms with Gasteiger partial charge in [0, 0.05) is 42.3 Å². The van der Waals surface area contributed by atoms with Crippen molar-refractivity contribution in [1.82, 2.24) is 15.1 Å². The molecule has 2 N–H and O–H groups in total. The SMILES string of the molecule is COc1c(C)cc2c(c1C)[C@@H]1C3CC4=C(C(=O)C(=O)C(C)=C4O)[C@H](CNC(C)=O)N3[C@@H](C#N)[C@@H](C2)N1C. The molecule has 1 unspecified atom stereocenters. The minimum atomic E-state index is -0.744. The minimum absolute atomic E-state index is 0.0341. The van der Waals surface area contributed by atoms with Crippen LogP contribution < -0.4 is 10.1 Å². The Morgan fingerprint density at radius 3 is 2.54 bits per heavy atom. The van der Waals surface area contributed by atoms with Crippen LogP contribution in [0.5, 0.6) is 5.75 Å². The molecule has 9 nitrogen and oxygen atoms in total. The van der Waals surface area contributed by atoms with Crippen molar-refractivity contribution in [2.45, 2.75) is 70.7 Å². The zero-order chi connectivity index (χ0) is 26.9. The Hall–Kier alpha value is -3.48. The first-order chi connectivity index (χ1) is 17.5. The molecule has 0 aromatic heterocycles. The second-order valence-electron chi connectivity index (χ2n) is 10.6. The fraction of sp³-hybridized carbons (Fsp3) is 0.500. The predicted octanol–water partition coefficient (Wildman–Crippen LogP) is 1.97. The molecular weight excluding hydrogens is 472 g/mol. The van der Waals surface area contributed by atoms with Gasteiger partial charge in [-0.1, -0.05) is 6.07 Å². The van der Waals surface area contributed by atoms with Gasteiger partial charge in [-0.25, -0.2) is 0 Å². The number of likely N-dealkylation sites (N-methyl/N-ethyl adjacent to an activating group) is 1. The molecule has 4 aliphatic rings. The molecule has 0 radical (unpaired) electrons. The number of amides is 1. The summed E-state index contributed by atoms with van der Waals surface area (Å²) in [5.41, 5.74) is 5.04. The van der Waals surface area contributed by atoms with Crippen LogP contribution >= 0.6 is 0 Å². The molecule has 37 heavy (non-hydrogen) atoms. The summed E-state index contributed by atoms with van der Waals surface area (Å²) in [7, 11) is 3.68. The van der Waals surface area contributed by atoms with Crippen LogP contribution in [0.25, 0.3) is 0 Å². The normalized spacial score (nSPS) is 29.4. The van der Waals surface area contributed by atoms with Crippen LogP contribution in [0.15, 0.2) is 28.5 Å². The summed E-state index contributed by atoms with van der Waals surface area (Å²) in [4.78, 5) is 42.3. The van der Waals surface area contributed by atoms with Gasteiger partial charge in [0.15, 0.2) is 0 Å². The van der Waals surface area contributed by atoms with Crippen molar-refractivity contribution >= 4 is 17.5 Å². The zero-order valence-electron chi connectivity index (χ0n) is 22.0. The van der Waals surface area contributed by atoms with E-state index in [-0.39, 0.29) is 47.5 Å². The van der Waals surface area contributed by atoms with Crippen LogP contribution in [-0.2, 0) is 20.8 Å². The van der Waals surface area contributed by atoms with Crippen molar-refractivity contribution in [3.8, 4) is 11.8 Å². The third kappa shape index (κ3) is 3.46. The quantitative estimate of drug-likeness (QED) is 0.473. The third-order valence-electron chi connectivity index (χ3n) is 8.70. The lowest BCUT2D eigenvalue weighted by atomic mass is 9.69. The van der Waals surface area contributed by atoms with Crippen molar-refractivity contribution < 1.29 is 24.2 Å². The summed E-state index contributed by atoms with van der Waals surface area (Å²) in [6, 6.07) is 2.72. The van der Waals surface area contributed by atoms with Gasteiger partial charge in [0.2, 0.25) is 17.5 Å². The number of carbonyl (C=O) groups excluding carboxylic acids is 3. The minimum Gasteiger partial charge on any atom is -0.507 e. The number of rotatable bonds is 3. The first-order valence-electron chi connectivity index (χ1n) is 12.6. The van der Waals surface area contributed by atoms with E-state index in [1.54, 1.807) is 7.11 Å². The number of ketones is 2. The standard InChI is InChI=1S/C28H32N4O5/c1-12-7-16-8-18-20(10-29)32-19(24(31(18)5)22(16)13(2)28(12)37-6)9-17-23(21(32)11-30-15(4)33)27(36)26(35)14(3)25(17)34/h7,18-21,24,34H,8-9,11H2,1-6H3,(H,30,33)/t18-,19?,20+,21+,24+/m1/s1. The van der Waals surface area contributed by atoms with Crippen molar-refractivity contribution in [2.75, 3.05) is 20.7 Å². The monoisotopic (exact) mass is 504 g/mol. The fourth-order valence-electron chi connectivity index (χ4n) is 7.15. The molecular formula is C28H32N4O5. The molecule has 1 fully saturated rings. The van der Waals surface area contributed by atoms with E-state index < -0.39 is 23.7 Å². The van der Waals surface area contributed by atoms with E-state index >= 15 is 0 Å². The van der Waals surface area contributed by atoms with Gasteiger partial charge in [-0.15, -0.1) is 0 Å². The Bertz CT molecular complexity index is 1350. The molecule has 5 atom stereocenters. The summed E-state index contributed by atoms with van der Waals surface area (Å²) in [5.74, 6) is -1.04. The Morgan fingerprint density at radius 1 is 1.22 bits per heavy atom. The summed E-state index contributed by atoms with van der Waals surface area (Å²) in [6.45, 7) is 6.97. The number of allylic oxidation sites excluding steroid dienone is 2. The molecule has 1 amide bonds. The molecule has 0 saturated carbocycles. The first-order valence-corrected chi connectivity index (χ1v) is 12.6. The number of aliphatic hydroxyl groups excluding tert-OH is 1. The van der Waals surface area contributed by atoms with Crippen LogP contribution in [0.1, 0.15) is 48.6 Å². The molecule has 5 rings (SSSR count). The largest absolute Gasteiger partial charge is 0.507 e. The Morgan fingerprint density at radius 2 is 1.92 bits per heavy atom. The molecule has 0 spiro atoms. The summed E-state index contributed by atoms with van der Waals surface area (Å²) in [6.07, 6.45) is 0.939. The van der Waals surface area contributed by atoms with Crippen LogP contribution in [0.4, 0.5) is 0 Å². The second-order valence-corrected chi connectivity index (χ2v) is 10.6. The molecule has 9 heteroatoms. The Balaban J connectivity index is 1.76. The fourth-order valence-corrected chi connectivity index (χ4v) is 7.15. The molecule has 194 valence electrons. The van der Waals surface area contributed by atoms with E-state index in [1.165, 1.54) is 19.4 Å². The number of nitriles is 1. The van der Waals surface area contributed by atoms with Crippen molar-refractivity contribution in [3.05, 3.63) is 50.8 Å². The summed E-state index contributed by atoms with van der Waals surface area (Å²) >= 11 is 0. The van der Waals surface area contributed by atoms with Crippen molar-refractivity contribution in [1.29, 1.82) is 5.26 Å². The maximum Gasteiger partial charge on any atom is 0.232 e. The number of aryl methyl sites for hydroxylation is 1. The molecule has 1 aromatic carbocycles. The van der Waals surface area contributed by atoms with E-state index in [9.17, 15) is 24.8 Å². The predicted molar refractivity (Wildman–Crippen MR) is 135 cm³/mol. The van der Waals surface area contributed by atoms with Gasteiger partial charge < -0.3 is 15.2 Å². The lowest BCUT2D eigenvalue weighted by Gasteiger charge is -2.60. The average molecular weight is 505 g/mol. The highest BCUT2D eigenvalue weighted by Gasteiger charge is 2.57. The average Bonchev–Trinajstić information content (AvgIpc) is 2.85. The van der Waals surface area contributed by atoms with E-state index in [2.05, 4.69) is 22.4 Å². The van der Waals surface area contributed by atoms with Gasteiger partial charge in [0.05, 0.1) is 25.3 Å². The number of nitrogens with zero attached hydrogens (tertiary/aromatic N) is 3. The maximum atomic E-state index is 13.3. The van der Waals surface area contributed by atoms with E-state index in [1.807, 2.05) is 25.8 Å². The maximum absolute atomic E-state index is 13.3. The lowest BCUT2D eigenvalue weighted by molar-refractivity contribution is -0.134. The van der Waals surface area contributed by atoms with Gasteiger partial charge >= 0.3 is 0 Å². The number of nitrogens with one attached hydrogen (secondary N) is 1. The van der Waals surface area contributed by atoms with Crippen LogP contribution in [-0.4, -0.2) is 77.2 Å². The van der Waals surface area contributed by atoms with Gasteiger partial charge in [0.25, 0.3) is 0 Å². The van der Waals surface area contributed by atoms with Crippen molar-refractivity contribution in [2.24, 2.45) is 0 Å². The number of fused-ring (bicyclic) bond motifs is 6. The van der Waals surface area contributed by atoms with Gasteiger partial charge in [0.1, 0.15) is 17.6 Å². The van der Waals surface area contributed by atoms with E-state index in [0.29, 0.717) is 18.4 Å². The molecule has 3 aliphatic heterocycles. The van der Waals surface area contributed by atoms with Crippen LogP contribution in [0.3, 0.4) is 0 Å².